The first-order valence-corrected chi connectivity index (χ1v) is 8.03. The number of nitrogens with zero attached hydrogens (tertiary/aromatic N) is 2. The highest BCUT2D eigenvalue weighted by molar-refractivity contribution is 9.10. The van der Waals surface area contributed by atoms with E-state index >= 15 is 0 Å². The summed E-state index contributed by atoms with van der Waals surface area (Å²) in [6.45, 7) is 0.909. The molecule has 0 saturated carbocycles. The van der Waals surface area contributed by atoms with Crippen molar-refractivity contribution in [1.82, 2.24) is 9.21 Å². The number of hydrogen-bond donors (Lipinski definition) is 1. The number of aromatic carboxylic acids is 1. The number of sulfonamides is 1. The summed E-state index contributed by atoms with van der Waals surface area (Å²) in [5.41, 5.74) is -0.0768. The van der Waals surface area contributed by atoms with Crippen LogP contribution in [-0.4, -0.2) is 62.9 Å². The zero-order chi connectivity index (χ0) is 15.5. The smallest absolute Gasteiger partial charge is 0.336 e. The van der Waals surface area contributed by atoms with Crippen LogP contribution in [0.2, 0.25) is 0 Å². The maximum absolute atomic E-state index is 12.3. The second-order valence-corrected chi connectivity index (χ2v) is 7.48. The Morgan fingerprint density at radius 2 is 1.85 bits per heavy atom. The predicted molar refractivity (Wildman–Crippen MR) is 79.5 cm³/mol. The van der Waals surface area contributed by atoms with Gasteiger partial charge in [0.1, 0.15) is 0 Å². The van der Waals surface area contributed by atoms with Crippen molar-refractivity contribution in [1.29, 1.82) is 0 Å². The molecule has 0 aliphatic rings. The van der Waals surface area contributed by atoms with Crippen molar-refractivity contribution in [2.24, 2.45) is 0 Å². The van der Waals surface area contributed by atoms with E-state index in [2.05, 4.69) is 15.9 Å². The second kappa shape index (κ2) is 6.66. The third-order valence-corrected chi connectivity index (χ3v) is 5.28. The number of halogens is 1. The molecule has 0 aromatic heterocycles. The van der Waals surface area contributed by atoms with Gasteiger partial charge in [-0.25, -0.2) is 13.2 Å². The van der Waals surface area contributed by atoms with Gasteiger partial charge in [-0.1, -0.05) is 0 Å². The van der Waals surface area contributed by atoms with E-state index in [0.717, 1.165) is 6.07 Å². The van der Waals surface area contributed by atoms with E-state index in [0.29, 0.717) is 17.6 Å². The SMILES string of the molecule is CN(C)CCN(C)S(=O)(=O)c1ccc(Br)c(C(=O)O)c1. The molecule has 0 radical (unpaired) electrons. The van der Waals surface area contributed by atoms with E-state index in [1.165, 1.54) is 23.5 Å². The molecule has 0 aliphatic heterocycles. The Bertz CT molecular complexity index is 601. The first-order valence-electron chi connectivity index (χ1n) is 5.80. The fourth-order valence-electron chi connectivity index (χ4n) is 1.47. The normalized spacial score (nSPS) is 12.1. The molecule has 1 aromatic carbocycles. The Morgan fingerprint density at radius 1 is 1.25 bits per heavy atom. The molecular formula is C12H17BrN2O4S. The molecule has 0 heterocycles. The highest BCUT2D eigenvalue weighted by Crippen LogP contribution is 2.22. The van der Waals surface area contributed by atoms with Crippen molar-refractivity contribution >= 4 is 31.9 Å². The van der Waals surface area contributed by atoms with Crippen LogP contribution >= 0.6 is 15.9 Å². The van der Waals surface area contributed by atoms with Crippen molar-refractivity contribution in [3.05, 3.63) is 28.2 Å². The maximum Gasteiger partial charge on any atom is 0.336 e. The van der Waals surface area contributed by atoms with E-state index in [4.69, 9.17) is 5.11 Å². The van der Waals surface area contributed by atoms with Gasteiger partial charge in [0.2, 0.25) is 10.0 Å². The lowest BCUT2D eigenvalue weighted by atomic mass is 10.2. The number of hydrogen-bond acceptors (Lipinski definition) is 4. The van der Waals surface area contributed by atoms with E-state index in [1.54, 1.807) is 0 Å². The fourth-order valence-corrected chi connectivity index (χ4v) is 3.07. The molecule has 0 fully saturated rings. The second-order valence-electron chi connectivity index (χ2n) is 4.58. The minimum atomic E-state index is -3.68. The van der Waals surface area contributed by atoms with Crippen LogP contribution in [-0.2, 0) is 10.0 Å². The first-order chi connectivity index (χ1) is 9.16. The van der Waals surface area contributed by atoms with Crippen LogP contribution < -0.4 is 0 Å². The molecule has 0 atom stereocenters. The minimum absolute atomic E-state index is 0.0284. The summed E-state index contributed by atoms with van der Waals surface area (Å²) in [5, 5.41) is 9.03. The van der Waals surface area contributed by atoms with Gasteiger partial charge in [-0.05, 0) is 48.2 Å². The minimum Gasteiger partial charge on any atom is -0.478 e. The Morgan fingerprint density at radius 3 is 2.35 bits per heavy atom. The molecule has 20 heavy (non-hydrogen) atoms. The summed E-state index contributed by atoms with van der Waals surface area (Å²) in [7, 11) is 1.49. The largest absolute Gasteiger partial charge is 0.478 e. The Labute approximate surface area is 127 Å². The van der Waals surface area contributed by atoms with Gasteiger partial charge in [0, 0.05) is 24.6 Å². The molecule has 0 unspecified atom stereocenters. The monoisotopic (exact) mass is 364 g/mol. The molecule has 0 spiro atoms. The molecule has 0 saturated heterocycles. The van der Waals surface area contributed by atoms with Crippen molar-refractivity contribution in [3.63, 3.8) is 0 Å². The molecule has 0 amide bonds. The van der Waals surface area contributed by atoms with Crippen LogP contribution in [0, 0.1) is 0 Å². The highest BCUT2D eigenvalue weighted by Gasteiger charge is 2.22. The van der Waals surface area contributed by atoms with E-state index < -0.39 is 16.0 Å². The lowest BCUT2D eigenvalue weighted by Gasteiger charge is -2.19. The van der Waals surface area contributed by atoms with Crippen molar-refractivity contribution in [2.75, 3.05) is 34.2 Å². The highest BCUT2D eigenvalue weighted by atomic mass is 79.9. The lowest BCUT2D eigenvalue weighted by Crippen LogP contribution is -2.33. The number of carboxylic acid groups (broad SMARTS) is 1. The van der Waals surface area contributed by atoms with Crippen LogP contribution in [0.25, 0.3) is 0 Å². The van der Waals surface area contributed by atoms with Crippen molar-refractivity contribution in [2.45, 2.75) is 4.90 Å². The van der Waals surface area contributed by atoms with Gasteiger partial charge in [-0.3, -0.25) is 0 Å². The zero-order valence-electron chi connectivity index (χ0n) is 11.5. The van der Waals surface area contributed by atoms with Gasteiger partial charge in [0.05, 0.1) is 10.5 Å². The van der Waals surface area contributed by atoms with Crippen molar-refractivity contribution < 1.29 is 18.3 Å². The third-order valence-electron chi connectivity index (χ3n) is 2.74. The molecule has 0 aliphatic carbocycles. The lowest BCUT2D eigenvalue weighted by molar-refractivity contribution is 0.0695. The number of carbonyl (C=O) groups is 1. The van der Waals surface area contributed by atoms with Crippen LogP contribution in [0.3, 0.4) is 0 Å². The van der Waals surface area contributed by atoms with Gasteiger partial charge in [0.25, 0.3) is 0 Å². The standard InChI is InChI=1S/C12H17BrN2O4S/c1-14(2)6-7-15(3)20(18,19)9-4-5-11(13)10(8-9)12(16)17/h4-5,8H,6-7H2,1-3H3,(H,16,17). The Balaban J connectivity index is 3.09. The number of carboxylic acids is 1. The topological polar surface area (TPSA) is 77.9 Å². The summed E-state index contributed by atoms with van der Waals surface area (Å²) in [6.07, 6.45) is 0. The third kappa shape index (κ3) is 4.02. The molecular weight excluding hydrogens is 348 g/mol. The van der Waals surface area contributed by atoms with Crippen molar-refractivity contribution in [3.8, 4) is 0 Å². The molecule has 1 rings (SSSR count). The Hall–Kier alpha value is -0.960. The quantitative estimate of drug-likeness (QED) is 0.823. The van der Waals surface area contributed by atoms with Crippen LogP contribution in [0.1, 0.15) is 10.4 Å². The van der Waals surface area contributed by atoms with Gasteiger partial charge in [-0.15, -0.1) is 0 Å². The molecule has 8 heteroatoms. The summed E-state index contributed by atoms with van der Waals surface area (Å²) >= 11 is 3.09. The molecule has 6 nitrogen and oxygen atoms in total. The molecule has 1 N–H and O–H groups in total. The Kier molecular flexibility index (Phi) is 5.69. The molecule has 0 bridgehead atoms. The van der Waals surface area contributed by atoms with E-state index in [1.807, 2.05) is 19.0 Å². The summed E-state index contributed by atoms with van der Waals surface area (Å²) in [6, 6.07) is 3.97. The fraction of sp³-hybridized carbons (Fsp3) is 0.417. The van der Waals surface area contributed by atoms with Gasteiger partial charge in [0.15, 0.2) is 0 Å². The summed E-state index contributed by atoms with van der Waals surface area (Å²) < 4.78 is 26.2. The number of rotatable bonds is 6. The summed E-state index contributed by atoms with van der Waals surface area (Å²) in [4.78, 5) is 12.9. The average Bonchev–Trinajstić information content (AvgIpc) is 2.35. The maximum atomic E-state index is 12.3. The predicted octanol–water partition coefficient (Wildman–Crippen LogP) is 1.33. The summed E-state index contributed by atoms with van der Waals surface area (Å²) in [5.74, 6) is -1.18. The van der Waals surface area contributed by atoms with E-state index in [-0.39, 0.29) is 10.5 Å². The van der Waals surface area contributed by atoms with Crippen LogP contribution in [0.5, 0.6) is 0 Å². The molecule has 1 aromatic rings. The average molecular weight is 365 g/mol. The number of benzene rings is 1. The van der Waals surface area contributed by atoms with Gasteiger partial charge in [-0.2, -0.15) is 4.31 Å². The van der Waals surface area contributed by atoms with E-state index in [9.17, 15) is 13.2 Å². The van der Waals surface area contributed by atoms with Crippen LogP contribution in [0.15, 0.2) is 27.6 Å². The zero-order valence-corrected chi connectivity index (χ0v) is 13.9. The molecule has 112 valence electrons. The first kappa shape index (κ1) is 17.1. The van der Waals surface area contributed by atoms with Crippen LogP contribution in [0.4, 0.5) is 0 Å². The van der Waals surface area contributed by atoms with Gasteiger partial charge < -0.3 is 10.0 Å². The van der Waals surface area contributed by atoms with Gasteiger partial charge >= 0.3 is 5.97 Å². The number of likely N-dealkylation sites (N-methyl/N-ethyl adjacent to an activating group) is 2.